The van der Waals surface area contributed by atoms with Crippen molar-refractivity contribution in [3.8, 4) is 11.8 Å². The van der Waals surface area contributed by atoms with Gasteiger partial charge in [0.25, 0.3) is 5.69 Å². The van der Waals surface area contributed by atoms with Crippen molar-refractivity contribution in [1.29, 1.82) is 5.26 Å². The van der Waals surface area contributed by atoms with Crippen molar-refractivity contribution >= 4 is 11.4 Å². The molecule has 0 spiro atoms. The van der Waals surface area contributed by atoms with Crippen molar-refractivity contribution in [1.82, 2.24) is 4.98 Å². The van der Waals surface area contributed by atoms with Gasteiger partial charge in [-0.15, -0.1) is 0 Å². The van der Waals surface area contributed by atoms with E-state index >= 15 is 0 Å². The number of hydrogen-bond donors (Lipinski definition) is 1. The van der Waals surface area contributed by atoms with Crippen molar-refractivity contribution in [2.45, 2.75) is 26.4 Å². The van der Waals surface area contributed by atoms with Gasteiger partial charge in [-0.1, -0.05) is 5.16 Å². The second-order valence-electron chi connectivity index (χ2n) is 6.11. The Kier molecular flexibility index (Phi) is 4.98. The first-order chi connectivity index (χ1) is 11.7. The molecule has 2 rings (SSSR count). The van der Waals surface area contributed by atoms with Gasteiger partial charge in [-0.2, -0.15) is 5.26 Å². The van der Waals surface area contributed by atoms with Crippen LogP contribution < -0.4 is 0 Å². The molecule has 0 aliphatic heterocycles. The van der Waals surface area contributed by atoms with Gasteiger partial charge in [0.05, 0.1) is 16.1 Å². The van der Waals surface area contributed by atoms with Crippen LogP contribution in [0.15, 0.2) is 41.7 Å². The number of nitrogens with zero attached hydrogens (tertiary/aromatic N) is 4. The number of nitro groups is 1. The Labute approximate surface area is 144 Å². The number of benzene rings is 1. The molecule has 8 heteroatoms. The molecular weight excluding hydrogens is 324 g/mol. The molecule has 1 heterocycles. The summed E-state index contributed by atoms with van der Waals surface area (Å²) in [6.45, 7) is 5.31. The lowest BCUT2D eigenvalue weighted by molar-refractivity contribution is -0.384. The molecule has 8 nitrogen and oxygen atoms in total. The predicted molar refractivity (Wildman–Crippen MR) is 90.2 cm³/mol. The average Bonchev–Trinajstić information content (AvgIpc) is 2.55. The van der Waals surface area contributed by atoms with Crippen molar-refractivity contribution < 1.29 is 14.9 Å². The van der Waals surface area contributed by atoms with Crippen LogP contribution in [0.1, 0.15) is 37.6 Å². The van der Waals surface area contributed by atoms with Crippen LogP contribution in [0.4, 0.5) is 5.69 Å². The highest BCUT2D eigenvalue weighted by Crippen LogP contribution is 2.27. The summed E-state index contributed by atoms with van der Waals surface area (Å²) in [7, 11) is 0. The lowest BCUT2D eigenvalue weighted by Gasteiger charge is -2.17. The predicted octanol–water partition coefficient (Wildman–Crippen LogP) is 3.13. The number of nitriles is 1. The van der Waals surface area contributed by atoms with Gasteiger partial charge >= 0.3 is 0 Å². The molecule has 1 aromatic heterocycles. The Balaban J connectivity index is 2.71. The van der Waals surface area contributed by atoms with Crippen LogP contribution in [-0.4, -0.2) is 26.3 Å². The highest BCUT2D eigenvalue weighted by Gasteiger charge is 2.22. The molecule has 0 unspecified atom stereocenters. The van der Waals surface area contributed by atoms with Crippen LogP contribution in [0.2, 0.25) is 0 Å². The molecule has 0 bridgehead atoms. The Morgan fingerprint density at radius 1 is 1.40 bits per heavy atom. The maximum Gasteiger partial charge on any atom is 0.270 e. The first kappa shape index (κ1) is 17.9. The number of aromatic nitrogens is 1. The summed E-state index contributed by atoms with van der Waals surface area (Å²) in [6.07, 6.45) is 1.46. The van der Waals surface area contributed by atoms with Crippen molar-refractivity contribution in [3.63, 3.8) is 0 Å². The molecule has 0 aliphatic carbocycles. The number of phenolic OH excluding ortho intramolecular Hbond substituents is 1. The van der Waals surface area contributed by atoms with E-state index in [9.17, 15) is 20.5 Å². The molecule has 0 saturated heterocycles. The molecule has 0 saturated carbocycles. The fourth-order valence-corrected chi connectivity index (χ4v) is 1.91. The lowest BCUT2D eigenvalue weighted by atomic mass is 10.0. The first-order valence-corrected chi connectivity index (χ1v) is 7.32. The summed E-state index contributed by atoms with van der Waals surface area (Å²) in [5.74, 6) is -0.239. The smallest absolute Gasteiger partial charge is 0.270 e. The van der Waals surface area contributed by atoms with E-state index in [1.54, 1.807) is 26.8 Å². The molecule has 0 radical (unpaired) electrons. The lowest BCUT2D eigenvalue weighted by Crippen LogP contribution is -2.18. The molecule has 0 fully saturated rings. The topological polar surface area (TPSA) is 122 Å². The zero-order chi connectivity index (χ0) is 18.6. The normalized spacial score (nSPS) is 11.7. The summed E-state index contributed by atoms with van der Waals surface area (Å²) in [6, 6.07) is 8.62. The first-order valence-electron chi connectivity index (χ1n) is 7.32. The Morgan fingerprint density at radius 3 is 2.72 bits per heavy atom. The standard InChI is InChI=1S/C17H16N4O4/c1-17(2,3)25-20-16(15-11(10-18)5-4-8-19-15)13-9-12(21(23)24)6-7-14(13)22/h4-9,22H,1-3H3. The second-order valence-corrected chi connectivity index (χ2v) is 6.11. The zero-order valence-electron chi connectivity index (χ0n) is 13.9. The maximum atomic E-state index is 11.0. The fraction of sp³-hybridized carbons (Fsp3) is 0.235. The zero-order valence-corrected chi connectivity index (χ0v) is 13.9. The van der Waals surface area contributed by atoms with Gasteiger partial charge in [-0.3, -0.25) is 15.1 Å². The quantitative estimate of drug-likeness (QED) is 0.518. The van der Waals surface area contributed by atoms with Crippen LogP contribution in [0.25, 0.3) is 0 Å². The van der Waals surface area contributed by atoms with E-state index in [0.29, 0.717) is 0 Å². The highest BCUT2D eigenvalue weighted by molar-refractivity contribution is 6.14. The summed E-state index contributed by atoms with van der Waals surface area (Å²) < 4.78 is 0. The molecule has 0 amide bonds. The number of hydrogen-bond acceptors (Lipinski definition) is 7. The van der Waals surface area contributed by atoms with Gasteiger partial charge in [0.15, 0.2) is 0 Å². The van der Waals surface area contributed by atoms with E-state index < -0.39 is 10.5 Å². The molecule has 1 aromatic carbocycles. The summed E-state index contributed by atoms with van der Waals surface area (Å²) in [4.78, 5) is 20.0. The number of oxime groups is 1. The molecule has 25 heavy (non-hydrogen) atoms. The van der Waals surface area contributed by atoms with Gasteiger partial charge in [-0.05, 0) is 39.0 Å². The summed E-state index contributed by atoms with van der Waals surface area (Å²) in [5.41, 5.74) is -0.439. The molecule has 0 atom stereocenters. The van der Waals surface area contributed by atoms with E-state index in [2.05, 4.69) is 10.1 Å². The van der Waals surface area contributed by atoms with Crippen molar-refractivity contribution in [2.24, 2.45) is 5.16 Å². The SMILES string of the molecule is CC(C)(C)ON=C(c1cc([N+](=O)[O-])ccc1O)c1ncccc1C#N. The van der Waals surface area contributed by atoms with Crippen molar-refractivity contribution in [2.75, 3.05) is 0 Å². The third kappa shape index (κ3) is 4.29. The maximum absolute atomic E-state index is 11.0. The van der Waals surface area contributed by atoms with Gasteiger partial charge < -0.3 is 9.94 Å². The Morgan fingerprint density at radius 2 is 2.12 bits per heavy atom. The van der Waals surface area contributed by atoms with Gasteiger partial charge in [-0.25, -0.2) is 0 Å². The minimum absolute atomic E-state index is 0.0354. The third-order valence-corrected chi connectivity index (χ3v) is 3.01. The number of non-ortho nitro benzene ring substituents is 1. The van der Waals surface area contributed by atoms with Crippen LogP contribution >= 0.6 is 0 Å². The van der Waals surface area contributed by atoms with Gasteiger partial charge in [0.2, 0.25) is 0 Å². The van der Waals surface area contributed by atoms with E-state index in [1.165, 1.54) is 24.4 Å². The molecule has 128 valence electrons. The third-order valence-electron chi connectivity index (χ3n) is 3.01. The van der Waals surface area contributed by atoms with Crippen LogP contribution in [0.3, 0.4) is 0 Å². The Hall–Kier alpha value is -3.47. The largest absolute Gasteiger partial charge is 0.507 e. The number of rotatable bonds is 4. The minimum Gasteiger partial charge on any atom is -0.507 e. The highest BCUT2D eigenvalue weighted by atomic mass is 16.6. The molecule has 2 aromatic rings. The number of pyridine rings is 1. The monoisotopic (exact) mass is 340 g/mol. The number of nitro benzene ring substituents is 1. The average molecular weight is 340 g/mol. The Bertz CT molecular complexity index is 879. The number of phenols is 1. The van der Waals surface area contributed by atoms with Gasteiger partial charge in [0, 0.05) is 18.3 Å². The van der Waals surface area contributed by atoms with Gasteiger partial charge in [0.1, 0.15) is 28.8 Å². The van der Waals surface area contributed by atoms with Crippen LogP contribution in [0.5, 0.6) is 5.75 Å². The van der Waals surface area contributed by atoms with E-state index in [-0.39, 0.29) is 34.0 Å². The van der Waals surface area contributed by atoms with Crippen LogP contribution in [-0.2, 0) is 4.84 Å². The van der Waals surface area contributed by atoms with Crippen molar-refractivity contribution in [3.05, 3.63) is 63.5 Å². The summed E-state index contributed by atoms with van der Waals surface area (Å²) >= 11 is 0. The molecular formula is C17H16N4O4. The second kappa shape index (κ2) is 6.97. The van der Waals surface area contributed by atoms with E-state index in [1.807, 2.05) is 6.07 Å². The molecule has 1 N–H and O–H groups in total. The van der Waals surface area contributed by atoms with E-state index in [4.69, 9.17) is 4.84 Å². The van der Waals surface area contributed by atoms with Crippen LogP contribution in [0, 0.1) is 21.4 Å². The fourth-order valence-electron chi connectivity index (χ4n) is 1.91. The van der Waals surface area contributed by atoms with E-state index in [0.717, 1.165) is 6.07 Å². The molecule has 0 aliphatic rings. The number of aromatic hydroxyl groups is 1. The minimum atomic E-state index is -0.650. The summed E-state index contributed by atoms with van der Waals surface area (Å²) in [5, 5.41) is 34.5.